The summed E-state index contributed by atoms with van der Waals surface area (Å²) in [5.74, 6) is 0. The van der Waals surface area contributed by atoms with Crippen molar-refractivity contribution < 1.29 is 0 Å². The molecule has 3 aromatic carbocycles. The molecule has 0 spiro atoms. The summed E-state index contributed by atoms with van der Waals surface area (Å²) in [6.07, 6.45) is 0. The van der Waals surface area contributed by atoms with Crippen LogP contribution < -0.4 is 4.80 Å². The first-order valence-electron chi connectivity index (χ1n) is 7.93. The summed E-state index contributed by atoms with van der Waals surface area (Å²) in [6.45, 7) is 0. The molecule has 0 radical (unpaired) electrons. The molecule has 122 valence electrons. The maximum Gasteiger partial charge on any atom is 0.195 e. The number of nitrogens with zero attached hydrogens (tertiary/aromatic N) is 2. The van der Waals surface area contributed by atoms with Crippen LogP contribution in [0.25, 0.3) is 16.9 Å². The van der Waals surface area contributed by atoms with Crippen LogP contribution in [0, 0.1) is 0 Å². The lowest BCUT2D eigenvalue weighted by Crippen LogP contribution is -2.13. The molecule has 4 heteroatoms. The van der Waals surface area contributed by atoms with E-state index in [1.807, 2.05) is 36.4 Å². The van der Waals surface area contributed by atoms with Crippen LogP contribution in [0.1, 0.15) is 0 Å². The number of halogens is 1. The SMILES string of the molecule is Brc1ccc(-c2csc(=Nc3ccccc3)n2-c2ccccc2)cc1. The highest BCUT2D eigenvalue weighted by atomic mass is 79.9. The van der Waals surface area contributed by atoms with E-state index in [0.717, 1.165) is 31.9 Å². The van der Waals surface area contributed by atoms with E-state index in [9.17, 15) is 0 Å². The Balaban J connectivity index is 1.94. The van der Waals surface area contributed by atoms with Gasteiger partial charge in [0.25, 0.3) is 0 Å². The molecule has 1 aromatic heterocycles. The normalized spacial score (nSPS) is 11.6. The number of hydrogen-bond donors (Lipinski definition) is 0. The first kappa shape index (κ1) is 16.1. The highest BCUT2D eigenvalue weighted by Gasteiger charge is 2.10. The minimum atomic E-state index is 0.954. The van der Waals surface area contributed by atoms with Gasteiger partial charge in [-0.25, -0.2) is 4.99 Å². The average Bonchev–Trinajstić information content (AvgIpc) is 3.07. The number of aromatic nitrogens is 1. The lowest BCUT2D eigenvalue weighted by atomic mass is 10.1. The highest BCUT2D eigenvalue weighted by molar-refractivity contribution is 9.10. The molecule has 0 unspecified atom stereocenters. The van der Waals surface area contributed by atoms with Gasteiger partial charge in [-0.05, 0) is 42.0 Å². The zero-order valence-electron chi connectivity index (χ0n) is 13.3. The largest absolute Gasteiger partial charge is 0.285 e. The monoisotopic (exact) mass is 406 g/mol. The van der Waals surface area contributed by atoms with Crippen LogP contribution in [0.5, 0.6) is 0 Å². The Morgan fingerprint density at radius 2 is 1.40 bits per heavy atom. The Bertz CT molecular complexity index is 1030. The standard InChI is InChI=1S/C21H15BrN2S/c22-17-13-11-16(12-14-17)20-15-25-21(23-18-7-3-1-4-8-18)24(20)19-9-5-2-6-10-19/h1-15H. The molecule has 0 bridgehead atoms. The Morgan fingerprint density at radius 1 is 0.760 bits per heavy atom. The van der Waals surface area contributed by atoms with Crippen molar-refractivity contribution in [3.05, 3.63) is 99.6 Å². The van der Waals surface area contributed by atoms with E-state index in [1.54, 1.807) is 11.3 Å². The number of thiazole rings is 1. The number of para-hydroxylation sites is 2. The lowest BCUT2D eigenvalue weighted by Gasteiger charge is -2.09. The second-order valence-corrected chi connectivity index (χ2v) is 7.28. The molecule has 1 heterocycles. The fraction of sp³-hybridized carbons (Fsp3) is 0. The van der Waals surface area contributed by atoms with Gasteiger partial charge < -0.3 is 0 Å². The first-order chi connectivity index (χ1) is 12.3. The van der Waals surface area contributed by atoms with E-state index >= 15 is 0 Å². The maximum atomic E-state index is 4.85. The van der Waals surface area contributed by atoms with Crippen molar-refractivity contribution in [3.8, 4) is 16.9 Å². The third kappa shape index (κ3) is 3.50. The predicted octanol–water partition coefficient (Wildman–Crippen LogP) is 6.20. The third-order valence-electron chi connectivity index (χ3n) is 3.84. The summed E-state index contributed by atoms with van der Waals surface area (Å²) in [5.41, 5.74) is 4.36. The van der Waals surface area contributed by atoms with E-state index in [2.05, 4.69) is 74.4 Å². The van der Waals surface area contributed by atoms with Gasteiger partial charge in [-0.15, -0.1) is 11.3 Å². The molecule has 0 atom stereocenters. The van der Waals surface area contributed by atoms with Gasteiger partial charge in [-0.2, -0.15) is 0 Å². The minimum Gasteiger partial charge on any atom is -0.285 e. The van der Waals surface area contributed by atoms with Gasteiger partial charge in [0.1, 0.15) is 0 Å². The van der Waals surface area contributed by atoms with Crippen molar-refractivity contribution in [2.75, 3.05) is 0 Å². The molecule has 0 N–H and O–H groups in total. The van der Waals surface area contributed by atoms with Gasteiger partial charge in [-0.3, -0.25) is 4.57 Å². The minimum absolute atomic E-state index is 0.954. The van der Waals surface area contributed by atoms with Crippen LogP contribution in [-0.4, -0.2) is 4.57 Å². The topological polar surface area (TPSA) is 17.3 Å². The number of hydrogen-bond acceptors (Lipinski definition) is 2. The van der Waals surface area contributed by atoms with Gasteiger partial charge in [0.05, 0.1) is 11.4 Å². The quantitative estimate of drug-likeness (QED) is 0.385. The average molecular weight is 407 g/mol. The molecule has 0 fully saturated rings. The molecule has 0 saturated heterocycles. The Kier molecular flexibility index (Phi) is 4.63. The summed E-state index contributed by atoms with van der Waals surface area (Å²) in [6, 6.07) is 28.8. The molecule has 0 aliphatic rings. The van der Waals surface area contributed by atoms with Crippen LogP contribution in [0.3, 0.4) is 0 Å². The molecule has 0 saturated carbocycles. The van der Waals surface area contributed by atoms with Crippen LogP contribution in [0.2, 0.25) is 0 Å². The third-order valence-corrected chi connectivity index (χ3v) is 5.20. The van der Waals surface area contributed by atoms with Crippen molar-refractivity contribution in [1.82, 2.24) is 4.57 Å². The number of rotatable bonds is 3. The molecule has 4 rings (SSSR count). The zero-order valence-corrected chi connectivity index (χ0v) is 15.7. The molecule has 0 aliphatic carbocycles. The van der Waals surface area contributed by atoms with E-state index in [1.165, 1.54) is 0 Å². The Hall–Kier alpha value is -2.43. The van der Waals surface area contributed by atoms with E-state index in [0.29, 0.717) is 0 Å². The van der Waals surface area contributed by atoms with E-state index in [4.69, 9.17) is 4.99 Å². The fourth-order valence-electron chi connectivity index (χ4n) is 2.65. The maximum absolute atomic E-state index is 4.85. The van der Waals surface area contributed by atoms with Crippen LogP contribution >= 0.6 is 27.3 Å². The van der Waals surface area contributed by atoms with Gasteiger partial charge in [0, 0.05) is 15.5 Å². The van der Waals surface area contributed by atoms with E-state index in [-0.39, 0.29) is 0 Å². The molecule has 0 amide bonds. The van der Waals surface area contributed by atoms with Crippen molar-refractivity contribution in [1.29, 1.82) is 0 Å². The zero-order chi connectivity index (χ0) is 17.1. The lowest BCUT2D eigenvalue weighted by molar-refractivity contribution is 1.01. The van der Waals surface area contributed by atoms with Crippen molar-refractivity contribution in [2.45, 2.75) is 0 Å². The van der Waals surface area contributed by atoms with Crippen LogP contribution in [-0.2, 0) is 0 Å². The van der Waals surface area contributed by atoms with Gasteiger partial charge in [0.15, 0.2) is 4.80 Å². The summed E-state index contributed by atoms with van der Waals surface area (Å²) in [7, 11) is 0. The predicted molar refractivity (Wildman–Crippen MR) is 108 cm³/mol. The molecule has 4 aromatic rings. The summed E-state index contributed by atoms with van der Waals surface area (Å²) in [5, 5.41) is 2.16. The van der Waals surface area contributed by atoms with Crippen LogP contribution in [0.15, 0.2) is 99.8 Å². The van der Waals surface area contributed by atoms with Crippen LogP contribution in [0.4, 0.5) is 5.69 Å². The van der Waals surface area contributed by atoms with Crippen molar-refractivity contribution in [3.63, 3.8) is 0 Å². The second kappa shape index (κ2) is 7.21. The van der Waals surface area contributed by atoms with Gasteiger partial charge in [0.2, 0.25) is 0 Å². The fourth-order valence-corrected chi connectivity index (χ4v) is 3.84. The van der Waals surface area contributed by atoms with Gasteiger partial charge in [-0.1, -0.05) is 64.5 Å². The Morgan fingerprint density at radius 3 is 2.08 bits per heavy atom. The van der Waals surface area contributed by atoms with Crippen molar-refractivity contribution in [2.24, 2.45) is 4.99 Å². The second-order valence-electron chi connectivity index (χ2n) is 5.53. The van der Waals surface area contributed by atoms with Gasteiger partial charge >= 0.3 is 0 Å². The Labute approximate surface area is 158 Å². The molecular formula is C21H15BrN2S. The molecule has 2 nitrogen and oxygen atoms in total. The number of benzene rings is 3. The highest BCUT2D eigenvalue weighted by Crippen LogP contribution is 2.25. The summed E-state index contributed by atoms with van der Waals surface area (Å²) >= 11 is 5.16. The smallest absolute Gasteiger partial charge is 0.195 e. The molecule has 0 aliphatic heterocycles. The molecule has 25 heavy (non-hydrogen) atoms. The summed E-state index contributed by atoms with van der Waals surface area (Å²) in [4.78, 5) is 5.81. The van der Waals surface area contributed by atoms with E-state index < -0.39 is 0 Å². The molecular weight excluding hydrogens is 392 g/mol. The van der Waals surface area contributed by atoms with Crippen molar-refractivity contribution >= 4 is 33.0 Å². The first-order valence-corrected chi connectivity index (χ1v) is 9.60. The summed E-state index contributed by atoms with van der Waals surface area (Å²) < 4.78 is 3.29.